The lowest BCUT2D eigenvalue weighted by atomic mass is 9.99. The molecule has 5 atom stereocenters. The Labute approximate surface area is 113 Å². The molecule has 10 heteroatoms. The molecule has 1 saturated heterocycles. The van der Waals surface area contributed by atoms with Gasteiger partial charge < -0.3 is 39.7 Å². The van der Waals surface area contributed by atoms with E-state index in [1.165, 1.54) is 0 Å². The van der Waals surface area contributed by atoms with Gasteiger partial charge in [0, 0.05) is 0 Å². The largest absolute Gasteiger partial charge is 0.480 e. The van der Waals surface area contributed by atoms with Crippen molar-refractivity contribution in [3.05, 3.63) is 0 Å². The van der Waals surface area contributed by atoms with Gasteiger partial charge in [-0.2, -0.15) is 0 Å². The monoisotopic (exact) mass is 296 g/mol. The van der Waals surface area contributed by atoms with E-state index in [0.29, 0.717) is 0 Å². The maximum absolute atomic E-state index is 10.5. The maximum Gasteiger partial charge on any atom is 0.329 e. The van der Waals surface area contributed by atoms with E-state index in [2.05, 4.69) is 0 Å². The summed E-state index contributed by atoms with van der Waals surface area (Å²) < 4.78 is 14.6. The van der Waals surface area contributed by atoms with E-state index >= 15 is 0 Å². The van der Waals surface area contributed by atoms with Gasteiger partial charge in [0.05, 0.1) is 6.61 Å². The Bertz CT molecular complexity index is 345. The van der Waals surface area contributed by atoms with Crippen LogP contribution in [0.1, 0.15) is 0 Å². The number of aliphatic hydroxyl groups excluding tert-OH is 3. The Morgan fingerprint density at radius 2 is 1.50 bits per heavy atom. The van der Waals surface area contributed by atoms with Crippen LogP contribution < -0.4 is 0 Å². The highest BCUT2D eigenvalue weighted by Crippen LogP contribution is 2.24. The average molecular weight is 296 g/mol. The zero-order valence-electron chi connectivity index (χ0n) is 10.3. The standard InChI is InChI=1S/C10H16O10/c11-1-4-7(16)8(18-2-5(12)13)9(10(17)20-4)19-3-6(14)15/h4,7-11,16-17H,1-3H2,(H,12,13)(H,14,15)/t4-,7-,8+,9-,10?/m1/s1. The summed E-state index contributed by atoms with van der Waals surface area (Å²) >= 11 is 0. The van der Waals surface area contributed by atoms with Gasteiger partial charge in [-0.15, -0.1) is 0 Å². The second-order valence-electron chi connectivity index (χ2n) is 4.08. The molecule has 5 N–H and O–H groups in total. The van der Waals surface area contributed by atoms with E-state index in [4.69, 9.17) is 29.5 Å². The Morgan fingerprint density at radius 3 is 1.95 bits per heavy atom. The molecule has 1 heterocycles. The van der Waals surface area contributed by atoms with Crippen molar-refractivity contribution in [1.82, 2.24) is 0 Å². The molecule has 10 nitrogen and oxygen atoms in total. The summed E-state index contributed by atoms with van der Waals surface area (Å²) in [6, 6.07) is 0. The first-order chi connectivity index (χ1) is 9.36. The Kier molecular flexibility index (Phi) is 6.26. The van der Waals surface area contributed by atoms with Crippen LogP contribution in [0.4, 0.5) is 0 Å². The van der Waals surface area contributed by atoms with Crippen molar-refractivity contribution >= 4 is 11.9 Å². The van der Waals surface area contributed by atoms with Gasteiger partial charge in [0.25, 0.3) is 0 Å². The second kappa shape index (κ2) is 7.47. The Balaban J connectivity index is 2.78. The number of hydrogen-bond acceptors (Lipinski definition) is 8. The molecule has 116 valence electrons. The molecule has 0 amide bonds. The third kappa shape index (κ3) is 4.37. The van der Waals surface area contributed by atoms with Gasteiger partial charge in [-0.05, 0) is 0 Å². The molecule has 1 rings (SSSR count). The fourth-order valence-corrected chi connectivity index (χ4v) is 1.76. The molecule has 1 unspecified atom stereocenters. The molecule has 0 saturated carbocycles. The minimum absolute atomic E-state index is 0.642. The summed E-state index contributed by atoms with van der Waals surface area (Å²) in [5.41, 5.74) is 0. The van der Waals surface area contributed by atoms with E-state index in [-0.39, 0.29) is 0 Å². The van der Waals surface area contributed by atoms with Crippen LogP contribution in [-0.4, -0.2) is 88.0 Å². The minimum atomic E-state index is -1.67. The molecular weight excluding hydrogens is 280 g/mol. The van der Waals surface area contributed by atoms with Crippen molar-refractivity contribution in [3.8, 4) is 0 Å². The van der Waals surface area contributed by atoms with Crippen LogP contribution in [0.3, 0.4) is 0 Å². The van der Waals surface area contributed by atoms with E-state index in [0.717, 1.165) is 0 Å². The molecule has 0 spiro atoms. The van der Waals surface area contributed by atoms with Crippen molar-refractivity contribution in [3.63, 3.8) is 0 Å². The van der Waals surface area contributed by atoms with Crippen LogP contribution in [0, 0.1) is 0 Å². The summed E-state index contributed by atoms with van der Waals surface area (Å²) in [5.74, 6) is -2.65. The summed E-state index contributed by atoms with van der Waals surface area (Å²) in [6.07, 6.45) is -7.11. The topological polar surface area (TPSA) is 163 Å². The van der Waals surface area contributed by atoms with Crippen LogP contribution in [0.15, 0.2) is 0 Å². The predicted octanol–water partition coefficient (Wildman–Crippen LogP) is -3.00. The van der Waals surface area contributed by atoms with Crippen molar-refractivity contribution in [2.24, 2.45) is 0 Å². The van der Waals surface area contributed by atoms with Crippen molar-refractivity contribution in [2.75, 3.05) is 19.8 Å². The summed E-state index contributed by atoms with van der Waals surface area (Å²) in [6.45, 7) is -2.23. The number of aliphatic carboxylic acids is 2. The molecule has 1 fully saturated rings. The van der Waals surface area contributed by atoms with Crippen LogP contribution in [-0.2, 0) is 23.8 Å². The molecule has 0 aliphatic carbocycles. The highest BCUT2D eigenvalue weighted by Gasteiger charge is 2.46. The minimum Gasteiger partial charge on any atom is -0.480 e. The number of carboxylic acid groups (broad SMARTS) is 2. The van der Waals surface area contributed by atoms with Crippen LogP contribution in [0.2, 0.25) is 0 Å². The molecule has 0 aromatic heterocycles. The number of ether oxygens (including phenoxy) is 3. The van der Waals surface area contributed by atoms with Gasteiger partial charge in [-0.1, -0.05) is 0 Å². The zero-order valence-corrected chi connectivity index (χ0v) is 10.3. The number of rotatable bonds is 7. The molecule has 0 aromatic carbocycles. The lowest BCUT2D eigenvalue weighted by Gasteiger charge is -2.41. The lowest BCUT2D eigenvalue weighted by molar-refractivity contribution is -0.302. The summed E-state index contributed by atoms with van der Waals surface area (Å²) in [4.78, 5) is 20.9. The molecule has 0 radical (unpaired) electrons. The SMILES string of the molecule is O=C(O)CO[C@H]1[C@H](O)[C@@H](CO)OC(O)[C@@H]1OCC(=O)O. The number of carboxylic acids is 2. The van der Waals surface area contributed by atoms with Crippen molar-refractivity contribution in [2.45, 2.75) is 30.7 Å². The average Bonchev–Trinajstić information content (AvgIpc) is 2.37. The third-order valence-electron chi connectivity index (χ3n) is 2.62. The Morgan fingerprint density at radius 1 is 1.00 bits per heavy atom. The van der Waals surface area contributed by atoms with E-state index in [1.807, 2.05) is 0 Å². The zero-order chi connectivity index (χ0) is 15.3. The van der Waals surface area contributed by atoms with Gasteiger partial charge >= 0.3 is 11.9 Å². The first kappa shape index (κ1) is 16.8. The maximum atomic E-state index is 10.5. The summed E-state index contributed by atoms with van der Waals surface area (Å²) in [7, 11) is 0. The fourth-order valence-electron chi connectivity index (χ4n) is 1.76. The van der Waals surface area contributed by atoms with Gasteiger partial charge in [0.1, 0.15) is 37.6 Å². The van der Waals surface area contributed by atoms with Gasteiger partial charge in [-0.25, -0.2) is 9.59 Å². The van der Waals surface area contributed by atoms with Crippen LogP contribution in [0.5, 0.6) is 0 Å². The van der Waals surface area contributed by atoms with Crippen molar-refractivity contribution in [1.29, 1.82) is 0 Å². The highest BCUT2D eigenvalue weighted by atomic mass is 16.7. The smallest absolute Gasteiger partial charge is 0.329 e. The summed E-state index contributed by atoms with van der Waals surface area (Å²) in [5, 5.41) is 45.5. The van der Waals surface area contributed by atoms with Gasteiger partial charge in [-0.3, -0.25) is 0 Å². The van der Waals surface area contributed by atoms with Crippen LogP contribution in [0.25, 0.3) is 0 Å². The predicted molar refractivity (Wildman–Crippen MR) is 58.7 cm³/mol. The lowest BCUT2D eigenvalue weighted by Crippen LogP contribution is -2.60. The van der Waals surface area contributed by atoms with E-state index in [9.17, 15) is 19.8 Å². The van der Waals surface area contributed by atoms with Gasteiger partial charge in [0.15, 0.2) is 6.29 Å². The molecule has 20 heavy (non-hydrogen) atoms. The number of carbonyl (C=O) groups is 2. The Hall–Kier alpha value is -1.30. The molecule has 0 bridgehead atoms. The normalized spacial score (nSPS) is 33.9. The van der Waals surface area contributed by atoms with Crippen LogP contribution >= 0.6 is 0 Å². The molecule has 1 aliphatic heterocycles. The quantitative estimate of drug-likeness (QED) is 0.327. The first-order valence-electron chi connectivity index (χ1n) is 5.66. The van der Waals surface area contributed by atoms with E-state index < -0.39 is 62.5 Å². The number of aliphatic hydroxyl groups is 3. The number of hydrogen-bond donors (Lipinski definition) is 5. The highest BCUT2D eigenvalue weighted by molar-refractivity contribution is 5.68. The molecule has 0 aromatic rings. The van der Waals surface area contributed by atoms with E-state index in [1.54, 1.807) is 0 Å². The third-order valence-corrected chi connectivity index (χ3v) is 2.62. The molecule has 1 aliphatic rings. The van der Waals surface area contributed by atoms with Gasteiger partial charge in [0.2, 0.25) is 0 Å². The molecular formula is C10H16O10. The first-order valence-corrected chi connectivity index (χ1v) is 5.66. The second-order valence-corrected chi connectivity index (χ2v) is 4.08. The fraction of sp³-hybridized carbons (Fsp3) is 0.800. The van der Waals surface area contributed by atoms with Crippen molar-refractivity contribution < 1.29 is 49.3 Å².